The topological polar surface area (TPSA) is 38.3 Å². The SMILES string of the molecule is COc1ccccc1C=[N+]1C(C)=C(N)SC1c1ccc(C(F)(F)F)cc1. The number of hydrogen-bond donors (Lipinski definition) is 1. The molecule has 0 bridgehead atoms. The van der Waals surface area contributed by atoms with Crippen molar-refractivity contribution in [1.29, 1.82) is 0 Å². The van der Waals surface area contributed by atoms with Gasteiger partial charge in [0, 0.05) is 12.5 Å². The van der Waals surface area contributed by atoms with Crippen molar-refractivity contribution in [3.8, 4) is 5.75 Å². The van der Waals surface area contributed by atoms with Crippen LogP contribution in [0, 0.1) is 0 Å². The minimum Gasteiger partial charge on any atom is -0.496 e. The zero-order valence-corrected chi connectivity index (χ0v) is 15.1. The molecule has 0 spiro atoms. The van der Waals surface area contributed by atoms with Crippen molar-refractivity contribution in [2.75, 3.05) is 7.11 Å². The van der Waals surface area contributed by atoms with Gasteiger partial charge in [-0.3, -0.25) is 0 Å². The fraction of sp³-hybridized carbons (Fsp3) is 0.211. The molecule has 2 N–H and O–H groups in total. The zero-order chi connectivity index (χ0) is 18.9. The molecule has 0 radical (unpaired) electrons. The number of nitrogens with zero attached hydrogens (tertiary/aromatic N) is 1. The Morgan fingerprint density at radius 3 is 2.38 bits per heavy atom. The second-order valence-corrected chi connectivity index (χ2v) is 6.94. The zero-order valence-electron chi connectivity index (χ0n) is 14.2. The molecule has 7 heteroatoms. The summed E-state index contributed by atoms with van der Waals surface area (Å²) in [7, 11) is 1.59. The summed E-state index contributed by atoms with van der Waals surface area (Å²) in [5, 5.41) is 0.406. The lowest BCUT2D eigenvalue weighted by Gasteiger charge is -2.11. The molecular weight excluding hydrogens is 361 g/mol. The quantitative estimate of drug-likeness (QED) is 0.783. The third-order valence-corrected chi connectivity index (χ3v) is 5.45. The Morgan fingerprint density at radius 1 is 1.12 bits per heavy atom. The highest BCUT2D eigenvalue weighted by Crippen LogP contribution is 2.43. The molecule has 26 heavy (non-hydrogen) atoms. The van der Waals surface area contributed by atoms with Crippen LogP contribution in [0.3, 0.4) is 0 Å². The fourth-order valence-electron chi connectivity index (χ4n) is 2.72. The van der Waals surface area contributed by atoms with Crippen LogP contribution in [0.2, 0.25) is 0 Å². The molecule has 0 saturated carbocycles. The first kappa shape index (κ1) is 18.4. The number of alkyl halides is 3. The standard InChI is InChI=1S/C19H18F3N2OS/c1-12-17(23)26-18(13-7-9-15(10-8-13)19(20,21)22)24(12)11-14-5-3-4-6-16(14)25-2/h3-11,18H,23H2,1-2H3/q+1. The Hall–Kier alpha value is -2.41. The number of para-hydroxylation sites is 1. The van der Waals surface area contributed by atoms with Gasteiger partial charge >= 0.3 is 6.18 Å². The maximum atomic E-state index is 12.8. The predicted octanol–water partition coefficient (Wildman–Crippen LogP) is 4.74. The number of hydrogen-bond acceptors (Lipinski definition) is 3. The Labute approximate surface area is 154 Å². The summed E-state index contributed by atoms with van der Waals surface area (Å²) in [6, 6.07) is 12.7. The molecule has 1 unspecified atom stereocenters. The second-order valence-electron chi connectivity index (χ2n) is 5.82. The summed E-state index contributed by atoms with van der Waals surface area (Å²) < 4.78 is 45.7. The summed E-state index contributed by atoms with van der Waals surface area (Å²) in [6.45, 7) is 1.89. The molecule has 0 aromatic heterocycles. The highest BCUT2D eigenvalue weighted by molar-refractivity contribution is 8.03. The maximum Gasteiger partial charge on any atom is 0.416 e. The van der Waals surface area contributed by atoms with Gasteiger partial charge in [0.25, 0.3) is 0 Å². The molecular formula is C19H18F3N2OS+. The van der Waals surface area contributed by atoms with E-state index in [-0.39, 0.29) is 5.37 Å². The minimum atomic E-state index is -4.35. The number of allylic oxidation sites excluding steroid dienone is 1. The van der Waals surface area contributed by atoms with Crippen LogP contribution in [-0.2, 0) is 6.18 Å². The molecule has 0 aliphatic carbocycles. The molecule has 1 aliphatic heterocycles. The average molecular weight is 379 g/mol. The molecule has 0 saturated heterocycles. The van der Waals surface area contributed by atoms with Crippen molar-refractivity contribution in [3.63, 3.8) is 0 Å². The molecule has 1 heterocycles. The van der Waals surface area contributed by atoms with Gasteiger partial charge in [-0.25, -0.2) is 0 Å². The van der Waals surface area contributed by atoms with Gasteiger partial charge in [-0.2, -0.15) is 17.7 Å². The van der Waals surface area contributed by atoms with E-state index in [4.69, 9.17) is 10.5 Å². The van der Waals surface area contributed by atoms with Gasteiger partial charge in [0.15, 0.2) is 6.21 Å². The van der Waals surface area contributed by atoms with Gasteiger partial charge in [-0.15, -0.1) is 0 Å². The molecule has 0 amide bonds. The van der Waals surface area contributed by atoms with Gasteiger partial charge in [-0.1, -0.05) is 24.3 Å². The number of benzene rings is 2. The summed E-state index contributed by atoms with van der Waals surface area (Å²) in [5.74, 6) is 0.710. The normalized spacial score (nSPS) is 19.3. The molecule has 2 aromatic rings. The predicted molar refractivity (Wildman–Crippen MR) is 97.1 cm³/mol. The van der Waals surface area contributed by atoms with E-state index in [1.165, 1.54) is 23.9 Å². The number of methoxy groups -OCH3 is 1. The van der Waals surface area contributed by atoms with Gasteiger partial charge < -0.3 is 10.5 Å². The van der Waals surface area contributed by atoms with Crippen molar-refractivity contribution in [2.24, 2.45) is 5.73 Å². The smallest absolute Gasteiger partial charge is 0.416 e. The number of ether oxygens (including phenoxy) is 1. The van der Waals surface area contributed by atoms with Crippen LogP contribution >= 0.6 is 11.8 Å². The lowest BCUT2D eigenvalue weighted by molar-refractivity contribution is -0.488. The van der Waals surface area contributed by atoms with E-state index in [2.05, 4.69) is 0 Å². The van der Waals surface area contributed by atoms with Gasteiger partial charge in [-0.05, 0) is 36.0 Å². The van der Waals surface area contributed by atoms with E-state index in [9.17, 15) is 13.2 Å². The third-order valence-electron chi connectivity index (χ3n) is 4.18. The van der Waals surface area contributed by atoms with Gasteiger partial charge in [0.1, 0.15) is 10.8 Å². The summed E-state index contributed by atoms with van der Waals surface area (Å²) in [4.78, 5) is 0. The number of thioether (sulfide) groups is 1. The third kappa shape index (κ3) is 3.58. The Morgan fingerprint density at radius 2 is 1.77 bits per heavy atom. The van der Waals surface area contributed by atoms with E-state index in [1.807, 2.05) is 42.0 Å². The highest BCUT2D eigenvalue weighted by atomic mass is 32.2. The van der Waals surface area contributed by atoms with Gasteiger partial charge in [0.2, 0.25) is 11.1 Å². The van der Waals surface area contributed by atoms with E-state index < -0.39 is 11.7 Å². The first-order valence-electron chi connectivity index (χ1n) is 7.87. The van der Waals surface area contributed by atoms with E-state index in [0.717, 1.165) is 29.0 Å². The minimum absolute atomic E-state index is 0.234. The molecule has 1 aliphatic rings. The number of nitrogens with two attached hydrogens (primary N) is 1. The summed E-state index contributed by atoms with van der Waals surface area (Å²) in [5.41, 5.74) is 7.88. The summed E-state index contributed by atoms with van der Waals surface area (Å²) in [6.07, 6.45) is -2.44. The number of rotatable bonds is 3. The van der Waals surface area contributed by atoms with Crippen molar-refractivity contribution < 1.29 is 22.5 Å². The maximum absolute atomic E-state index is 12.8. The lowest BCUT2D eigenvalue weighted by atomic mass is 10.1. The molecule has 3 rings (SSSR count). The molecule has 2 aromatic carbocycles. The van der Waals surface area contributed by atoms with Crippen LogP contribution in [0.1, 0.15) is 29.0 Å². The van der Waals surface area contributed by atoms with Crippen LogP contribution in [0.4, 0.5) is 13.2 Å². The lowest BCUT2D eigenvalue weighted by Crippen LogP contribution is -2.13. The van der Waals surface area contributed by atoms with Gasteiger partial charge in [0.05, 0.1) is 18.2 Å². The Bertz CT molecular complexity index is 873. The fourth-order valence-corrected chi connectivity index (χ4v) is 3.86. The van der Waals surface area contributed by atoms with E-state index >= 15 is 0 Å². The molecule has 1 atom stereocenters. The molecule has 3 nitrogen and oxygen atoms in total. The van der Waals surface area contributed by atoms with Crippen LogP contribution in [0.5, 0.6) is 5.75 Å². The Kier molecular flexibility index (Phi) is 5.00. The van der Waals surface area contributed by atoms with Crippen molar-refractivity contribution in [2.45, 2.75) is 18.5 Å². The average Bonchev–Trinajstić information content (AvgIpc) is 2.90. The first-order chi connectivity index (χ1) is 12.3. The van der Waals surface area contributed by atoms with Crippen molar-refractivity contribution in [1.82, 2.24) is 0 Å². The Balaban J connectivity index is 2.01. The van der Waals surface area contributed by atoms with Crippen LogP contribution in [-0.4, -0.2) is 17.9 Å². The van der Waals surface area contributed by atoms with E-state index in [1.54, 1.807) is 7.11 Å². The van der Waals surface area contributed by atoms with Crippen LogP contribution in [0.25, 0.3) is 0 Å². The molecule has 136 valence electrons. The highest BCUT2D eigenvalue weighted by Gasteiger charge is 2.37. The largest absolute Gasteiger partial charge is 0.496 e. The first-order valence-corrected chi connectivity index (χ1v) is 8.75. The van der Waals surface area contributed by atoms with Crippen molar-refractivity contribution >= 4 is 18.0 Å². The van der Waals surface area contributed by atoms with Crippen molar-refractivity contribution in [3.05, 3.63) is 75.9 Å². The monoisotopic (exact) mass is 379 g/mol. The van der Waals surface area contributed by atoms with Crippen LogP contribution in [0.15, 0.2) is 59.3 Å². The number of halogens is 3. The van der Waals surface area contributed by atoms with E-state index in [0.29, 0.717) is 10.8 Å². The second kappa shape index (κ2) is 7.07. The molecule has 0 fully saturated rings. The van der Waals surface area contributed by atoms with Crippen LogP contribution < -0.4 is 10.5 Å². The summed E-state index contributed by atoms with van der Waals surface area (Å²) >= 11 is 1.41.